The van der Waals surface area contributed by atoms with Crippen molar-refractivity contribution in [1.29, 1.82) is 0 Å². The van der Waals surface area contributed by atoms with Gasteiger partial charge in [-0.3, -0.25) is 4.79 Å². The van der Waals surface area contributed by atoms with Crippen molar-refractivity contribution >= 4 is 21.9 Å². The van der Waals surface area contributed by atoms with Crippen molar-refractivity contribution in [2.75, 3.05) is 7.05 Å². The number of benzene rings is 1. The Morgan fingerprint density at radius 1 is 1.50 bits per heavy atom. The zero-order valence-electron chi connectivity index (χ0n) is 8.98. The molecule has 4 N–H and O–H groups in total. The highest BCUT2D eigenvalue weighted by molar-refractivity contribution is 9.10. The second kappa shape index (κ2) is 5.98. The summed E-state index contributed by atoms with van der Waals surface area (Å²) in [5.41, 5.74) is 6.54. The molecule has 0 heterocycles. The summed E-state index contributed by atoms with van der Waals surface area (Å²) in [5, 5.41) is 11.8. The first kappa shape index (κ1) is 13.2. The molecule has 0 spiro atoms. The van der Waals surface area contributed by atoms with Crippen LogP contribution in [-0.4, -0.2) is 24.2 Å². The van der Waals surface area contributed by atoms with Crippen LogP contribution in [0.4, 0.5) is 0 Å². The van der Waals surface area contributed by atoms with Gasteiger partial charge in [-0.25, -0.2) is 0 Å². The molecule has 0 saturated heterocycles. The summed E-state index contributed by atoms with van der Waals surface area (Å²) >= 11 is 3.35. The highest BCUT2D eigenvalue weighted by Gasteiger charge is 2.18. The summed E-state index contributed by atoms with van der Waals surface area (Å²) in [6.45, 7) is 0. The number of carboxylic acid groups (broad SMARTS) is 1. The van der Waals surface area contributed by atoms with E-state index in [1.807, 2.05) is 24.3 Å². The van der Waals surface area contributed by atoms with Crippen LogP contribution in [0.1, 0.15) is 18.0 Å². The van der Waals surface area contributed by atoms with E-state index in [0.29, 0.717) is 6.42 Å². The lowest BCUT2D eigenvalue weighted by molar-refractivity contribution is -0.138. The molecule has 0 aliphatic heterocycles. The fourth-order valence-corrected chi connectivity index (χ4v) is 1.73. The number of nitrogens with two attached hydrogens (primary N) is 1. The van der Waals surface area contributed by atoms with Crippen molar-refractivity contribution in [3.8, 4) is 0 Å². The van der Waals surface area contributed by atoms with E-state index >= 15 is 0 Å². The van der Waals surface area contributed by atoms with E-state index in [1.54, 1.807) is 7.05 Å². The van der Waals surface area contributed by atoms with Gasteiger partial charge in [0, 0.05) is 10.5 Å². The van der Waals surface area contributed by atoms with Gasteiger partial charge in [0.15, 0.2) is 0 Å². The largest absolute Gasteiger partial charge is 0.480 e. The zero-order valence-corrected chi connectivity index (χ0v) is 10.6. The van der Waals surface area contributed by atoms with Crippen molar-refractivity contribution in [1.82, 2.24) is 5.32 Å². The molecule has 5 heteroatoms. The van der Waals surface area contributed by atoms with Gasteiger partial charge in [-0.15, -0.1) is 0 Å². The highest BCUT2D eigenvalue weighted by Crippen LogP contribution is 2.20. The number of carboxylic acids is 1. The number of hydrogen-bond donors (Lipinski definition) is 3. The van der Waals surface area contributed by atoms with Crippen LogP contribution in [-0.2, 0) is 4.79 Å². The van der Waals surface area contributed by atoms with Crippen LogP contribution in [0.2, 0.25) is 0 Å². The topological polar surface area (TPSA) is 75.3 Å². The van der Waals surface area contributed by atoms with Crippen molar-refractivity contribution in [3.63, 3.8) is 0 Å². The van der Waals surface area contributed by atoms with E-state index in [2.05, 4.69) is 21.2 Å². The molecule has 88 valence electrons. The van der Waals surface area contributed by atoms with Crippen LogP contribution in [0.25, 0.3) is 0 Å². The fourth-order valence-electron chi connectivity index (χ4n) is 1.47. The molecule has 16 heavy (non-hydrogen) atoms. The van der Waals surface area contributed by atoms with Gasteiger partial charge in [-0.05, 0) is 31.2 Å². The van der Waals surface area contributed by atoms with Crippen LogP contribution in [0.5, 0.6) is 0 Å². The first-order valence-corrected chi connectivity index (χ1v) is 5.75. The predicted molar refractivity (Wildman–Crippen MR) is 66.2 cm³/mol. The Hall–Kier alpha value is -0.910. The SMILES string of the molecule is CNC(CC(N)C(=O)O)c1ccc(Br)cc1. The third kappa shape index (κ3) is 3.59. The number of carbonyl (C=O) groups is 1. The number of halogens is 1. The molecule has 2 unspecified atom stereocenters. The quantitative estimate of drug-likeness (QED) is 0.767. The molecule has 0 amide bonds. The molecule has 0 saturated carbocycles. The van der Waals surface area contributed by atoms with Gasteiger partial charge in [0.25, 0.3) is 0 Å². The van der Waals surface area contributed by atoms with E-state index in [1.165, 1.54) is 0 Å². The lowest BCUT2D eigenvalue weighted by Gasteiger charge is -2.18. The molecule has 0 bridgehead atoms. The Kier molecular flexibility index (Phi) is 4.92. The molecule has 0 aliphatic carbocycles. The van der Waals surface area contributed by atoms with Gasteiger partial charge in [0.1, 0.15) is 6.04 Å². The molecule has 1 rings (SSSR count). The van der Waals surface area contributed by atoms with Gasteiger partial charge >= 0.3 is 5.97 Å². The van der Waals surface area contributed by atoms with Crippen LogP contribution >= 0.6 is 15.9 Å². The Bertz CT molecular complexity index is 354. The molecular formula is C11H15BrN2O2. The summed E-state index contributed by atoms with van der Waals surface area (Å²) in [5.74, 6) is -0.975. The van der Waals surface area contributed by atoms with Crippen LogP contribution in [0.15, 0.2) is 28.7 Å². The van der Waals surface area contributed by atoms with Crippen LogP contribution in [0, 0.1) is 0 Å². The standard InChI is InChI=1S/C11H15BrN2O2/c1-14-10(6-9(13)11(15)16)7-2-4-8(12)5-3-7/h2-5,9-10,14H,6,13H2,1H3,(H,15,16). The van der Waals surface area contributed by atoms with E-state index in [0.717, 1.165) is 10.0 Å². The van der Waals surface area contributed by atoms with E-state index in [9.17, 15) is 4.79 Å². The number of aliphatic carboxylic acids is 1. The van der Waals surface area contributed by atoms with Gasteiger partial charge in [-0.1, -0.05) is 28.1 Å². The van der Waals surface area contributed by atoms with E-state index < -0.39 is 12.0 Å². The Balaban J connectivity index is 2.74. The maximum Gasteiger partial charge on any atom is 0.320 e. The van der Waals surface area contributed by atoms with Gasteiger partial charge < -0.3 is 16.2 Å². The van der Waals surface area contributed by atoms with Gasteiger partial charge in [0.2, 0.25) is 0 Å². The summed E-state index contributed by atoms with van der Waals surface area (Å²) in [7, 11) is 1.79. The van der Waals surface area contributed by atoms with Gasteiger partial charge in [0.05, 0.1) is 0 Å². The Morgan fingerprint density at radius 2 is 2.06 bits per heavy atom. The predicted octanol–water partition coefficient (Wildman–Crippen LogP) is 1.51. The van der Waals surface area contributed by atoms with Crippen molar-refractivity contribution in [3.05, 3.63) is 34.3 Å². The lowest BCUT2D eigenvalue weighted by Crippen LogP contribution is -2.34. The second-order valence-electron chi connectivity index (χ2n) is 3.57. The first-order chi connectivity index (χ1) is 7.54. The summed E-state index contributed by atoms with van der Waals surface area (Å²) < 4.78 is 0.994. The van der Waals surface area contributed by atoms with Crippen molar-refractivity contribution < 1.29 is 9.90 Å². The summed E-state index contributed by atoms with van der Waals surface area (Å²) in [6, 6.07) is 6.85. The van der Waals surface area contributed by atoms with E-state index in [4.69, 9.17) is 10.8 Å². The number of rotatable bonds is 5. The smallest absolute Gasteiger partial charge is 0.320 e. The first-order valence-electron chi connectivity index (χ1n) is 4.95. The lowest BCUT2D eigenvalue weighted by atomic mass is 10.00. The average Bonchev–Trinajstić information content (AvgIpc) is 2.26. The molecule has 0 aromatic heterocycles. The normalized spacial score (nSPS) is 14.4. The summed E-state index contributed by atoms with van der Waals surface area (Å²) in [6.07, 6.45) is 0.369. The third-order valence-corrected chi connectivity index (χ3v) is 2.96. The van der Waals surface area contributed by atoms with Crippen molar-refractivity contribution in [2.24, 2.45) is 5.73 Å². The van der Waals surface area contributed by atoms with Crippen LogP contribution < -0.4 is 11.1 Å². The molecule has 1 aromatic carbocycles. The maximum absolute atomic E-state index is 10.7. The molecule has 2 atom stereocenters. The maximum atomic E-state index is 10.7. The summed E-state index contributed by atoms with van der Waals surface area (Å²) in [4.78, 5) is 10.7. The molecule has 0 aliphatic rings. The minimum absolute atomic E-state index is 0.0424. The third-order valence-electron chi connectivity index (χ3n) is 2.43. The highest BCUT2D eigenvalue weighted by atomic mass is 79.9. The Morgan fingerprint density at radius 3 is 2.50 bits per heavy atom. The molecule has 0 fully saturated rings. The van der Waals surface area contributed by atoms with Crippen molar-refractivity contribution in [2.45, 2.75) is 18.5 Å². The minimum Gasteiger partial charge on any atom is -0.480 e. The van der Waals surface area contributed by atoms with Crippen LogP contribution in [0.3, 0.4) is 0 Å². The Labute approximate surface area is 103 Å². The molecule has 1 aromatic rings. The fraction of sp³-hybridized carbons (Fsp3) is 0.364. The van der Waals surface area contributed by atoms with Gasteiger partial charge in [-0.2, -0.15) is 0 Å². The number of nitrogens with one attached hydrogen (secondary N) is 1. The minimum atomic E-state index is -0.975. The van der Waals surface area contributed by atoms with E-state index in [-0.39, 0.29) is 6.04 Å². The zero-order chi connectivity index (χ0) is 12.1. The monoisotopic (exact) mass is 286 g/mol. The molecule has 4 nitrogen and oxygen atoms in total. The number of hydrogen-bond acceptors (Lipinski definition) is 3. The average molecular weight is 287 g/mol. The molecular weight excluding hydrogens is 272 g/mol. The second-order valence-corrected chi connectivity index (χ2v) is 4.49. The molecule has 0 radical (unpaired) electrons.